The van der Waals surface area contributed by atoms with Crippen LogP contribution in [-0.4, -0.2) is 35.1 Å². The number of hydrogen-bond donors (Lipinski definition) is 1. The van der Waals surface area contributed by atoms with Gasteiger partial charge in [-0.05, 0) is 47.9 Å². The molecule has 0 bridgehead atoms. The van der Waals surface area contributed by atoms with Gasteiger partial charge < -0.3 is 10.0 Å². The van der Waals surface area contributed by atoms with Crippen molar-refractivity contribution in [3.8, 4) is 23.0 Å². The maximum atomic E-state index is 10.2. The SMILES string of the molecule is N#CB1CC2(C1)CN(c1sc3nnc(-c4ccccc4O)cc3c1C1CC1)C2. The van der Waals surface area contributed by atoms with Crippen LogP contribution in [0.4, 0.5) is 5.00 Å². The molecule has 2 saturated heterocycles. The molecule has 4 heterocycles. The quantitative estimate of drug-likeness (QED) is 0.679. The molecule has 1 spiro atoms. The van der Waals surface area contributed by atoms with Gasteiger partial charge in [-0.1, -0.05) is 36.1 Å². The highest BCUT2D eigenvalue weighted by Crippen LogP contribution is 2.56. The topological polar surface area (TPSA) is 73.0 Å². The van der Waals surface area contributed by atoms with E-state index in [1.54, 1.807) is 17.4 Å². The number of rotatable bonds is 3. The molecule has 28 heavy (non-hydrogen) atoms. The molecule has 0 unspecified atom stereocenters. The summed E-state index contributed by atoms with van der Waals surface area (Å²) in [7, 11) is 0. The summed E-state index contributed by atoms with van der Waals surface area (Å²) < 4.78 is 0. The second-order valence-electron chi connectivity index (χ2n) is 8.65. The first kappa shape index (κ1) is 16.4. The van der Waals surface area contributed by atoms with Crippen LogP contribution in [0.25, 0.3) is 21.5 Å². The number of aromatic hydroxyl groups is 1. The molecule has 3 aromatic rings. The van der Waals surface area contributed by atoms with E-state index < -0.39 is 0 Å². The van der Waals surface area contributed by atoms with Crippen molar-refractivity contribution in [2.45, 2.75) is 31.4 Å². The van der Waals surface area contributed by atoms with Gasteiger partial charge in [0.25, 0.3) is 6.71 Å². The molecule has 6 rings (SSSR count). The smallest absolute Gasteiger partial charge is 0.269 e. The van der Waals surface area contributed by atoms with Crippen molar-refractivity contribution >= 4 is 33.3 Å². The Hall–Kier alpha value is -2.59. The first-order chi connectivity index (χ1) is 13.7. The standard InChI is InChI=1S/C21H19BN4OS/c23-12-22-8-21(9-22)10-26(11-21)20-18(13-5-6-13)15-7-16(24-25-19(15)28-20)14-3-1-2-4-17(14)27/h1-4,7,13,27H,5-6,8-11H2. The minimum absolute atomic E-state index is 0.237. The average Bonchev–Trinajstić information content (AvgIpc) is 3.40. The fourth-order valence-corrected chi connectivity index (χ4v) is 6.16. The Labute approximate surface area is 167 Å². The van der Waals surface area contributed by atoms with Gasteiger partial charge in [-0.25, -0.2) is 5.26 Å². The van der Waals surface area contributed by atoms with Gasteiger partial charge in [0.1, 0.15) is 10.6 Å². The molecule has 3 fully saturated rings. The highest BCUT2D eigenvalue weighted by Gasteiger charge is 2.55. The zero-order valence-corrected chi connectivity index (χ0v) is 16.2. The summed E-state index contributed by atoms with van der Waals surface area (Å²) in [4.78, 5) is 3.48. The van der Waals surface area contributed by atoms with Crippen LogP contribution in [-0.2, 0) is 0 Å². The predicted molar refractivity (Wildman–Crippen MR) is 112 cm³/mol. The van der Waals surface area contributed by atoms with Crippen molar-refractivity contribution in [2.75, 3.05) is 18.0 Å². The molecule has 138 valence electrons. The Morgan fingerprint density at radius 1 is 1.21 bits per heavy atom. The number of fused-ring (bicyclic) bond motifs is 1. The van der Waals surface area contributed by atoms with Crippen molar-refractivity contribution in [3.63, 3.8) is 0 Å². The fraction of sp³-hybridized carbons (Fsp3) is 0.381. The Bertz CT molecular complexity index is 1140. The van der Waals surface area contributed by atoms with Crippen LogP contribution >= 0.6 is 11.3 Å². The van der Waals surface area contributed by atoms with Gasteiger partial charge in [0, 0.05) is 30.0 Å². The van der Waals surface area contributed by atoms with Gasteiger partial charge in [0.2, 0.25) is 0 Å². The molecule has 2 aromatic heterocycles. The number of nitriles is 1. The first-order valence-corrected chi connectivity index (χ1v) is 10.7. The molecular weight excluding hydrogens is 367 g/mol. The number of anilines is 1. The highest BCUT2D eigenvalue weighted by atomic mass is 32.1. The molecule has 3 aliphatic rings. The zero-order chi connectivity index (χ0) is 18.9. The maximum Gasteiger partial charge on any atom is 0.269 e. The lowest BCUT2D eigenvalue weighted by molar-refractivity contribution is 0.244. The highest BCUT2D eigenvalue weighted by molar-refractivity contribution is 7.22. The van der Waals surface area contributed by atoms with Gasteiger partial charge in [-0.15, -0.1) is 10.2 Å². The molecule has 2 aliphatic heterocycles. The Morgan fingerprint density at radius 3 is 2.71 bits per heavy atom. The predicted octanol–water partition coefficient (Wildman–Crippen LogP) is 4.32. The molecule has 0 amide bonds. The van der Waals surface area contributed by atoms with Crippen molar-refractivity contribution in [1.82, 2.24) is 10.2 Å². The van der Waals surface area contributed by atoms with E-state index in [-0.39, 0.29) is 12.5 Å². The Balaban J connectivity index is 1.38. The summed E-state index contributed by atoms with van der Waals surface area (Å²) >= 11 is 1.75. The first-order valence-electron chi connectivity index (χ1n) is 9.89. The Morgan fingerprint density at radius 2 is 2.00 bits per heavy atom. The van der Waals surface area contributed by atoms with Gasteiger partial charge >= 0.3 is 0 Å². The summed E-state index contributed by atoms with van der Waals surface area (Å²) in [6.45, 7) is 2.40. The number of para-hydroxylation sites is 1. The van der Waals surface area contributed by atoms with Crippen LogP contribution in [0.1, 0.15) is 24.3 Å². The van der Waals surface area contributed by atoms with E-state index in [1.165, 1.54) is 28.8 Å². The van der Waals surface area contributed by atoms with Crippen LogP contribution in [0.2, 0.25) is 12.6 Å². The van der Waals surface area contributed by atoms with Crippen LogP contribution in [0.5, 0.6) is 5.75 Å². The second-order valence-corrected chi connectivity index (χ2v) is 9.63. The number of nitrogens with zero attached hydrogens (tertiary/aromatic N) is 4. The maximum absolute atomic E-state index is 10.2. The van der Waals surface area contributed by atoms with E-state index in [0.29, 0.717) is 11.3 Å². The lowest BCUT2D eigenvalue weighted by Crippen LogP contribution is -2.64. The number of hydrogen-bond acceptors (Lipinski definition) is 6. The summed E-state index contributed by atoms with van der Waals surface area (Å²) in [5.41, 5.74) is 3.26. The summed E-state index contributed by atoms with van der Waals surface area (Å²) in [6.07, 6.45) is 4.59. The third-order valence-electron chi connectivity index (χ3n) is 6.52. The minimum Gasteiger partial charge on any atom is -0.507 e. The number of thiophene rings is 1. The lowest BCUT2D eigenvalue weighted by atomic mass is 9.26. The van der Waals surface area contributed by atoms with E-state index >= 15 is 0 Å². The van der Waals surface area contributed by atoms with E-state index in [4.69, 9.17) is 5.26 Å². The number of benzene rings is 1. The molecule has 1 N–H and O–H groups in total. The van der Waals surface area contributed by atoms with Crippen molar-refractivity contribution < 1.29 is 5.11 Å². The molecule has 5 nitrogen and oxygen atoms in total. The van der Waals surface area contributed by atoms with E-state index in [2.05, 4.69) is 27.1 Å². The van der Waals surface area contributed by atoms with Crippen LogP contribution in [0, 0.1) is 16.6 Å². The summed E-state index contributed by atoms with van der Waals surface area (Å²) in [5.74, 6) is 3.27. The number of phenols is 1. The molecule has 7 heteroatoms. The zero-order valence-electron chi connectivity index (χ0n) is 15.4. The normalized spacial score (nSPS) is 20.1. The van der Waals surface area contributed by atoms with Gasteiger partial charge in [-0.2, -0.15) is 0 Å². The van der Waals surface area contributed by atoms with Gasteiger partial charge in [0.15, 0.2) is 0 Å². The van der Waals surface area contributed by atoms with E-state index in [0.717, 1.165) is 41.8 Å². The van der Waals surface area contributed by atoms with Crippen LogP contribution in [0.3, 0.4) is 0 Å². The van der Waals surface area contributed by atoms with Crippen LogP contribution in [0.15, 0.2) is 30.3 Å². The van der Waals surface area contributed by atoms with Crippen molar-refractivity contribution in [1.29, 1.82) is 5.26 Å². The Kier molecular flexibility index (Phi) is 3.34. The molecule has 0 radical (unpaired) electrons. The lowest BCUT2D eigenvalue weighted by Gasteiger charge is -2.57. The van der Waals surface area contributed by atoms with Crippen LogP contribution < -0.4 is 4.90 Å². The van der Waals surface area contributed by atoms with Gasteiger partial charge in [0.05, 0.1) is 10.7 Å². The number of phenolic OH excluding ortho intramolecular Hbond substituents is 1. The van der Waals surface area contributed by atoms with Crippen molar-refractivity contribution in [3.05, 3.63) is 35.9 Å². The monoisotopic (exact) mass is 386 g/mol. The van der Waals surface area contributed by atoms with E-state index in [1.807, 2.05) is 18.2 Å². The molecule has 1 aliphatic carbocycles. The largest absolute Gasteiger partial charge is 0.507 e. The van der Waals surface area contributed by atoms with Crippen molar-refractivity contribution in [2.24, 2.45) is 5.41 Å². The second kappa shape index (κ2) is 5.71. The third-order valence-corrected chi connectivity index (χ3v) is 7.69. The summed E-state index contributed by atoms with van der Waals surface area (Å²) in [6, 6.07) is 9.41. The molecule has 0 atom stereocenters. The fourth-order valence-electron chi connectivity index (χ4n) is 4.98. The van der Waals surface area contributed by atoms with Gasteiger partial charge in [-0.3, -0.25) is 0 Å². The average molecular weight is 386 g/mol. The minimum atomic E-state index is 0.237. The molecule has 1 saturated carbocycles. The molecule has 1 aromatic carbocycles. The summed E-state index contributed by atoms with van der Waals surface area (Å²) in [5, 5.41) is 30.8. The number of aromatic nitrogens is 2. The molecular formula is C21H19BN4OS. The third kappa shape index (κ3) is 2.37. The van der Waals surface area contributed by atoms with E-state index in [9.17, 15) is 5.11 Å².